The third kappa shape index (κ3) is 3.39. The van der Waals surface area contributed by atoms with Gasteiger partial charge in [0.2, 0.25) is 0 Å². The molecule has 1 aromatic rings. The van der Waals surface area contributed by atoms with Crippen molar-refractivity contribution in [3.8, 4) is 0 Å². The SMILES string of the molecule is O=C(O)c1cnc(NCCC2CCCO2)cn1. The van der Waals surface area contributed by atoms with Gasteiger partial charge in [0, 0.05) is 13.2 Å². The predicted molar refractivity (Wildman–Crippen MR) is 61.1 cm³/mol. The largest absolute Gasteiger partial charge is 0.476 e. The second kappa shape index (κ2) is 5.58. The van der Waals surface area contributed by atoms with Crippen LogP contribution in [0.2, 0.25) is 0 Å². The Morgan fingerprint density at radius 3 is 3.00 bits per heavy atom. The van der Waals surface area contributed by atoms with Gasteiger partial charge >= 0.3 is 5.97 Å². The van der Waals surface area contributed by atoms with Crippen LogP contribution in [0.25, 0.3) is 0 Å². The Morgan fingerprint density at radius 2 is 2.41 bits per heavy atom. The van der Waals surface area contributed by atoms with Crippen molar-refractivity contribution in [1.29, 1.82) is 0 Å². The number of nitrogens with one attached hydrogen (secondary N) is 1. The number of carboxylic acids is 1. The van der Waals surface area contributed by atoms with Crippen LogP contribution < -0.4 is 5.32 Å². The predicted octanol–water partition coefficient (Wildman–Crippen LogP) is 1.16. The zero-order chi connectivity index (χ0) is 12.1. The number of anilines is 1. The number of nitrogens with zero attached hydrogens (tertiary/aromatic N) is 2. The minimum atomic E-state index is -1.07. The summed E-state index contributed by atoms with van der Waals surface area (Å²) in [7, 11) is 0. The van der Waals surface area contributed by atoms with E-state index in [1.807, 2.05) is 0 Å². The number of rotatable bonds is 5. The number of carboxylic acid groups (broad SMARTS) is 1. The summed E-state index contributed by atoms with van der Waals surface area (Å²) in [5.74, 6) is -0.476. The Balaban J connectivity index is 1.76. The number of hydrogen-bond acceptors (Lipinski definition) is 5. The summed E-state index contributed by atoms with van der Waals surface area (Å²) in [5.41, 5.74) is -0.0466. The maximum atomic E-state index is 10.6. The van der Waals surface area contributed by atoms with Crippen molar-refractivity contribution in [2.24, 2.45) is 0 Å². The van der Waals surface area contributed by atoms with Crippen LogP contribution in [0, 0.1) is 0 Å². The number of ether oxygens (including phenoxy) is 1. The van der Waals surface area contributed by atoms with E-state index in [0.717, 1.165) is 32.4 Å². The normalized spacial score (nSPS) is 19.2. The van der Waals surface area contributed by atoms with Gasteiger partial charge in [0.25, 0.3) is 0 Å². The minimum Gasteiger partial charge on any atom is -0.476 e. The zero-order valence-electron chi connectivity index (χ0n) is 9.43. The molecule has 1 aliphatic heterocycles. The lowest BCUT2D eigenvalue weighted by molar-refractivity contribution is 0.0690. The molecular formula is C11H15N3O3. The smallest absolute Gasteiger partial charge is 0.356 e. The molecular weight excluding hydrogens is 222 g/mol. The van der Waals surface area contributed by atoms with Crippen LogP contribution >= 0.6 is 0 Å². The Morgan fingerprint density at radius 1 is 1.53 bits per heavy atom. The Kier molecular flexibility index (Phi) is 3.87. The maximum absolute atomic E-state index is 10.6. The molecule has 0 amide bonds. The molecule has 92 valence electrons. The van der Waals surface area contributed by atoms with E-state index in [1.165, 1.54) is 12.4 Å². The van der Waals surface area contributed by atoms with Crippen LogP contribution in [0.15, 0.2) is 12.4 Å². The van der Waals surface area contributed by atoms with Gasteiger partial charge in [-0.25, -0.2) is 14.8 Å². The van der Waals surface area contributed by atoms with Gasteiger partial charge in [-0.2, -0.15) is 0 Å². The molecule has 1 unspecified atom stereocenters. The molecule has 1 saturated heterocycles. The van der Waals surface area contributed by atoms with Crippen molar-refractivity contribution in [3.63, 3.8) is 0 Å². The standard InChI is InChI=1S/C11H15N3O3/c15-11(16)9-6-14-10(7-13-9)12-4-3-8-2-1-5-17-8/h6-8H,1-5H2,(H,12,14)(H,15,16). The van der Waals surface area contributed by atoms with Crippen molar-refractivity contribution in [2.75, 3.05) is 18.5 Å². The fourth-order valence-corrected chi connectivity index (χ4v) is 1.76. The summed E-state index contributed by atoms with van der Waals surface area (Å²) >= 11 is 0. The average molecular weight is 237 g/mol. The molecule has 0 saturated carbocycles. The highest BCUT2D eigenvalue weighted by molar-refractivity contribution is 5.84. The molecule has 6 nitrogen and oxygen atoms in total. The molecule has 1 fully saturated rings. The molecule has 2 N–H and O–H groups in total. The maximum Gasteiger partial charge on any atom is 0.356 e. The highest BCUT2D eigenvalue weighted by Crippen LogP contribution is 2.15. The summed E-state index contributed by atoms with van der Waals surface area (Å²) in [5, 5.41) is 11.7. The molecule has 0 radical (unpaired) electrons. The first-order valence-electron chi connectivity index (χ1n) is 5.66. The van der Waals surface area contributed by atoms with E-state index in [4.69, 9.17) is 9.84 Å². The summed E-state index contributed by atoms with van der Waals surface area (Å²) < 4.78 is 5.49. The number of aromatic carboxylic acids is 1. The summed E-state index contributed by atoms with van der Waals surface area (Å²) in [6, 6.07) is 0. The summed E-state index contributed by atoms with van der Waals surface area (Å²) in [6.45, 7) is 1.61. The van der Waals surface area contributed by atoms with Gasteiger partial charge in [-0.1, -0.05) is 0 Å². The molecule has 2 heterocycles. The van der Waals surface area contributed by atoms with Gasteiger partial charge in [-0.05, 0) is 19.3 Å². The van der Waals surface area contributed by atoms with Crippen molar-refractivity contribution in [2.45, 2.75) is 25.4 Å². The third-order valence-electron chi connectivity index (χ3n) is 2.67. The molecule has 0 aliphatic carbocycles. The van der Waals surface area contributed by atoms with E-state index in [-0.39, 0.29) is 5.69 Å². The van der Waals surface area contributed by atoms with Gasteiger partial charge in [0.05, 0.1) is 18.5 Å². The first kappa shape index (κ1) is 11.8. The van der Waals surface area contributed by atoms with E-state index in [0.29, 0.717) is 11.9 Å². The topological polar surface area (TPSA) is 84.3 Å². The minimum absolute atomic E-state index is 0.0466. The molecule has 0 aromatic carbocycles. The molecule has 2 rings (SSSR count). The van der Waals surface area contributed by atoms with E-state index in [2.05, 4.69) is 15.3 Å². The van der Waals surface area contributed by atoms with Gasteiger partial charge in [-0.15, -0.1) is 0 Å². The van der Waals surface area contributed by atoms with Gasteiger partial charge in [0.1, 0.15) is 5.82 Å². The first-order valence-corrected chi connectivity index (χ1v) is 5.66. The van der Waals surface area contributed by atoms with Crippen LogP contribution in [0.3, 0.4) is 0 Å². The second-order valence-electron chi connectivity index (χ2n) is 3.94. The number of hydrogen-bond donors (Lipinski definition) is 2. The van der Waals surface area contributed by atoms with E-state index in [1.54, 1.807) is 0 Å². The first-order chi connectivity index (χ1) is 8.25. The molecule has 6 heteroatoms. The fourth-order valence-electron chi connectivity index (χ4n) is 1.76. The van der Waals surface area contributed by atoms with Crippen molar-refractivity contribution >= 4 is 11.8 Å². The van der Waals surface area contributed by atoms with Crippen LogP contribution in [0.5, 0.6) is 0 Å². The van der Waals surface area contributed by atoms with Crippen LogP contribution in [-0.4, -0.2) is 40.3 Å². The fraction of sp³-hybridized carbons (Fsp3) is 0.545. The molecule has 17 heavy (non-hydrogen) atoms. The van der Waals surface area contributed by atoms with Crippen LogP contribution in [0.4, 0.5) is 5.82 Å². The monoisotopic (exact) mass is 237 g/mol. The van der Waals surface area contributed by atoms with E-state index in [9.17, 15) is 4.79 Å². The van der Waals surface area contributed by atoms with Crippen LogP contribution in [-0.2, 0) is 4.74 Å². The van der Waals surface area contributed by atoms with Crippen molar-refractivity contribution < 1.29 is 14.6 Å². The molecule has 1 aliphatic rings. The number of carbonyl (C=O) groups is 1. The lowest BCUT2D eigenvalue weighted by Gasteiger charge is -2.10. The summed E-state index contributed by atoms with van der Waals surface area (Å²) in [4.78, 5) is 18.3. The molecule has 1 aromatic heterocycles. The molecule has 0 spiro atoms. The summed E-state index contributed by atoms with van der Waals surface area (Å²) in [6.07, 6.45) is 6.20. The molecule has 1 atom stereocenters. The molecule has 0 bridgehead atoms. The zero-order valence-corrected chi connectivity index (χ0v) is 9.43. The van der Waals surface area contributed by atoms with Crippen molar-refractivity contribution in [1.82, 2.24) is 9.97 Å². The third-order valence-corrected chi connectivity index (χ3v) is 2.67. The second-order valence-corrected chi connectivity index (χ2v) is 3.94. The Labute approximate surface area is 99.0 Å². The van der Waals surface area contributed by atoms with E-state index >= 15 is 0 Å². The van der Waals surface area contributed by atoms with Crippen LogP contribution in [0.1, 0.15) is 29.8 Å². The van der Waals surface area contributed by atoms with Gasteiger partial charge in [0.15, 0.2) is 5.69 Å². The number of aromatic nitrogens is 2. The Hall–Kier alpha value is -1.69. The van der Waals surface area contributed by atoms with Gasteiger partial charge in [-0.3, -0.25) is 0 Å². The highest BCUT2D eigenvalue weighted by atomic mass is 16.5. The highest BCUT2D eigenvalue weighted by Gasteiger charge is 2.14. The Bertz CT molecular complexity index is 374. The van der Waals surface area contributed by atoms with E-state index < -0.39 is 5.97 Å². The van der Waals surface area contributed by atoms with Gasteiger partial charge < -0.3 is 15.2 Å². The average Bonchev–Trinajstić information content (AvgIpc) is 2.83. The lowest BCUT2D eigenvalue weighted by atomic mass is 10.2. The quantitative estimate of drug-likeness (QED) is 0.799. The lowest BCUT2D eigenvalue weighted by Crippen LogP contribution is -2.13. The van der Waals surface area contributed by atoms with Crippen molar-refractivity contribution in [3.05, 3.63) is 18.1 Å².